The van der Waals surface area contributed by atoms with Crippen LogP contribution in [0.4, 0.5) is 5.69 Å². The van der Waals surface area contributed by atoms with E-state index >= 15 is 0 Å². The first kappa shape index (κ1) is 16.6. The Bertz CT molecular complexity index is 669. The number of anilines is 1. The third-order valence-corrected chi connectivity index (χ3v) is 5.32. The highest BCUT2D eigenvalue weighted by atomic mass is 16.6. The second kappa shape index (κ2) is 7.56. The van der Waals surface area contributed by atoms with Gasteiger partial charge in [-0.25, -0.2) is 0 Å². The van der Waals surface area contributed by atoms with Crippen molar-refractivity contribution in [3.05, 3.63) is 65.8 Å². The van der Waals surface area contributed by atoms with Crippen molar-refractivity contribution in [2.24, 2.45) is 0 Å². The Morgan fingerprint density at radius 3 is 2.60 bits per heavy atom. The van der Waals surface area contributed by atoms with Gasteiger partial charge in [0, 0.05) is 38.4 Å². The molecule has 25 heavy (non-hydrogen) atoms. The van der Waals surface area contributed by atoms with Gasteiger partial charge < -0.3 is 15.4 Å². The smallest absolute Gasteiger partial charge is 0.142 e. The van der Waals surface area contributed by atoms with Crippen LogP contribution in [0.5, 0.6) is 0 Å². The zero-order valence-electron chi connectivity index (χ0n) is 14.7. The van der Waals surface area contributed by atoms with Crippen LogP contribution in [-0.2, 0) is 4.74 Å². The second-order valence-corrected chi connectivity index (χ2v) is 7.08. The molecule has 0 aromatic heterocycles. The SMILES string of the molecule is Nc1ccc(C2OC2N2CCN(CCC3=CC=CC=CC3)CC2)cc1. The lowest BCUT2D eigenvalue weighted by molar-refractivity contribution is 0.0921. The molecule has 2 saturated heterocycles. The minimum absolute atomic E-state index is 0.224. The molecule has 1 aromatic rings. The van der Waals surface area contributed by atoms with Crippen molar-refractivity contribution in [1.82, 2.24) is 9.80 Å². The van der Waals surface area contributed by atoms with Crippen molar-refractivity contribution in [2.75, 3.05) is 38.5 Å². The Morgan fingerprint density at radius 1 is 1.00 bits per heavy atom. The van der Waals surface area contributed by atoms with Gasteiger partial charge in [0.15, 0.2) is 0 Å². The molecule has 0 amide bonds. The van der Waals surface area contributed by atoms with Gasteiger partial charge in [-0.05, 0) is 30.5 Å². The number of nitrogens with two attached hydrogens (primary N) is 1. The molecule has 2 heterocycles. The molecule has 0 saturated carbocycles. The maximum atomic E-state index is 5.93. The fourth-order valence-electron chi connectivity index (χ4n) is 3.66. The van der Waals surface area contributed by atoms with Crippen LogP contribution in [0.1, 0.15) is 24.5 Å². The van der Waals surface area contributed by atoms with Gasteiger partial charge in [-0.3, -0.25) is 4.90 Å². The van der Waals surface area contributed by atoms with Crippen LogP contribution in [0.3, 0.4) is 0 Å². The Balaban J connectivity index is 1.21. The summed E-state index contributed by atoms with van der Waals surface area (Å²) >= 11 is 0. The highest BCUT2D eigenvalue weighted by molar-refractivity contribution is 5.40. The molecule has 2 N–H and O–H groups in total. The van der Waals surface area contributed by atoms with E-state index in [1.807, 2.05) is 12.1 Å². The van der Waals surface area contributed by atoms with Crippen LogP contribution in [0.15, 0.2) is 60.2 Å². The standard InChI is InChI=1S/C21H27N3O/c22-19-9-7-18(8-10-19)20-21(25-20)24-15-13-23(14-16-24)12-11-17-5-3-1-2-4-6-17/h1-5,7-10,20-21H,6,11-16,22H2. The van der Waals surface area contributed by atoms with E-state index in [1.165, 1.54) is 17.6 Å². The molecule has 0 radical (unpaired) electrons. The van der Waals surface area contributed by atoms with Gasteiger partial charge in [-0.2, -0.15) is 0 Å². The summed E-state index contributed by atoms with van der Waals surface area (Å²) in [6, 6.07) is 8.08. The lowest BCUT2D eigenvalue weighted by atomic mass is 10.1. The molecule has 2 atom stereocenters. The maximum Gasteiger partial charge on any atom is 0.142 e. The van der Waals surface area contributed by atoms with E-state index in [-0.39, 0.29) is 12.3 Å². The lowest BCUT2D eigenvalue weighted by Gasteiger charge is -2.34. The zero-order valence-corrected chi connectivity index (χ0v) is 14.7. The van der Waals surface area contributed by atoms with E-state index in [2.05, 4.69) is 52.3 Å². The molecule has 3 aliphatic rings. The minimum Gasteiger partial charge on any atom is -0.399 e. The first-order valence-corrected chi connectivity index (χ1v) is 9.28. The highest BCUT2D eigenvalue weighted by Crippen LogP contribution is 2.41. The molecule has 4 rings (SSSR count). The summed E-state index contributed by atoms with van der Waals surface area (Å²) in [4.78, 5) is 5.06. The van der Waals surface area contributed by atoms with Crippen molar-refractivity contribution in [3.8, 4) is 0 Å². The van der Waals surface area contributed by atoms with Gasteiger partial charge in [-0.15, -0.1) is 0 Å². The Hall–Kier alpha value is -1.88. The zero-order chi connectivity index (χ0) is 17.1. The van der Waals surface area contributed by atoms with Gasteiger partial charge in [-0.1, -0.05) is 48.1 Å². The molecule has 0 spiro atoms. The number of nitrogen functional groups attached to an aromatic ring is 1. The molecule has 132 valence electrons. The van der Waals surface area contributed by atoms with Gasteiger partial charge >= 0.3 is 0 Å². The van der Waals surface area contributed by atoms with Crippen LogP contribution in [0.2, 0.25) is 0 Å². The number of hydrogen-bond acceptors (Lipinski definition) is 4. The summed E-state index contributed by atoms with van der Waals surface area (Å²) in [6.07, 6.45) is 13.6. The second-order valence-electron chi connectivity index (χ2n) is 7.08. The molecular formula is C21H27N3O. The van der Waals surface area contributed by atoms with Gasteiger partial charge in [0.2, 0.25) is 0 Å². The number of rotatable bonds is 5. The van der Waals surface area contributed by atoms with Crippen molar-refractivity contribution < 1.29 is 4.74 Å². The van der Waals surface area contributed by atoms with Crippen LogP contribution >= 0.6 is 0 Å². The number of benzene rings is 1. The molecule has 2 unspecified atom stereocenters. The maximum absolute atomic E-state index is 5.93. The average Bonchev–Trinajstić information content (AvgIpc) is 3.46. The van der Waals surface area contributed by atoms with Gasteiger partial charge in [0.25, 0.3) is 0 Å². The largest absolute Gasteiger partial charge is 0.399 e. The van der Waals surface area contributed by atoms with Crippen LogP contribution < -0.4 is 5.73 Å². The van der Waals surface area contributed by atoms with Crippen molar-refractivity contribution in [2.45, 2.75) is 25.2 Å². The molecule has 2 fully saturated rings. The summed E-state index contributed by atoms with van der Waals surface area (Å²) in [5.74, 6) is 0. The molecule has 0 bridgehead atoms. The van der Waals surface area contributed by atoms with E-state index in [0.29, 0.717) is 0 Å². The number of hydrogen-bond donors (Lipinski definition) is 1. The number of epoxide rings is 1. The fraction of sp³-hybridized carbons (Fsp3) is 0.429. The summed E-state index contributed by atoms with van der Waals surface area (Å²) in [7, 11) is 0. The molecule has 2 aliphatic heterocycles. The van der Waals surface area contributed by atoms with Crippen molar-refractivity contribution >= 4 is 5.69 Å². The summed E-state index contributed by atoms with van der Waals surface area (Å²) in [6.45, 7) is 5.61. The number of nitrogens with zero attached hydrogens (tertiary/aromatic N) is 2. The predicted molar refractivity (Wildman–Crippen MR) is 102 cm³/mol. The normalized spacial score (nSPS) is 27.1. The monoisotopic (exact) mass is 337 g/mol. The predicted octanol–water partition coefficient (Wildman–Crippen LogP) is 3.12. The van der Waals surface area contributed by atoms with Gasteiger partial charge in [0.05, 0.1) is 0 Å². The Labute approximate surface area is 150 Å². The average molecular weight is 337 g/mol. The molecule has 4 heteroatoms. The van der Waals surface area contributed by atoms with E-state index in [9.17, 15) is 0 Å². The number of ether oxygens (including phenoxy) is 1. The minimum atomic E-state index is 0.224. The molecule has 1 aliphatic carbocycles. The number of allylic oxidation sites excluding steroid dienone is 5. The van der Waals surface area contributed by atoms with Crippen molar-refractivity contribution in [1.29, 1.82) is 0 Å². The topological polar surface area (TPSA) is 45.0 Å². The van der Waals surface area contributed by atoms with E-state index in [4.69, 9.17) is 10.5 Å². The summed E-state index contributed by atoms with van der Waals surface area (Å²) < 4.78 is 5.93. The third-order valence-electron chi connectivity index (χ3n) is 5.32. The number of piperazine rings is 1. The fourth-order valence-corrected chi connectivity index (χ4v) is 3.66. The Kier molecular flexibility index (Phi) is 5.02. The molecule has 1 aromatic carbocycles. The Morgan fingerprint density at radius 2 is 1.80 bits per heavy atom. The first-order valence-electron chi connectivity index (χ1n) is 9.28. The molecule has 4 nitrogen and oxygen atoms in total. The quantitative estimate of drug-likeness (QED) is 0.662. The van der Waals surface area contributed by atoms with E-state index < -0.39 is 0 Å². The van der Waals surface area contributed by atoms with Gasteiger partial charge in [0.1, 0.15) is 12.3 Å². The van der Waals surface area contributed by atoms with Crippen molar-refractivity contribution in [3.63, 3.8) is 0 Å². The van der Waals surface area contributed by atoms with E-state index in [1.54, 1.807) is 0 Å². The first-order chi connectivity index (χ1) is 12.3. The van der Waals surface area contributed by atoms with Crippen LogP contribution in [0.25, 0.3) is 0 Å². The van der Waals surface area contributed by atoms with E-state index in [0.717, 1.165) is 44.8 Å². The lowest BCUT2D eigenvalue weighted by Crippen LogP contribution is -2.47. The molecular weight excluding hydrogens is 310 g/mol. The summed E-state index contributed by atoms with van der Waals surface area (Å²) in [5.41, 5.74) is 9.34. The summed E-state index contributed by atoms with van der Waals surface area (Å²) in [5, 5.41) is 0. The van der Waals surface area contributed by atoms with Crippen LogP contribution in [0, 0.1) is 0 Å². The highest BCUT2D eigenvalue weighted by Gasteiger charge is 2.45. The van der Waals surface area contributed by atoms with Crippen LogP contribution in [-0.4, -0.2) is 48.8 Å². The third kappa shape index (κ3) is 4.21.